The second kappa shape index (κ2) is 45.9. The van der Waals surface area contributed by atoms with Gasteiger partial charge in [-0.25, -0.2) is 50.5 Å². The molecule has 13 aliphatic rings. The Bertz CT molecular complexity index is 6060. The van der Waals surface area contributed by atoms with Crippen molar-refractivity contribution in [2.24, 2.45) is 5.92 Å². The van der Waals surface area contributed by atoms with Crippen LogP contribution in [0.4, 0.5) is 0 Å². The van der Waals surface area contributed by atoms with Crippen LogP contribution in [0.15, 0.2) is 175 Å². The number of rotatable bonds is 23. The third-order valence-electron chi connectivity index (χ3n) is 29.2. The molecule has 12 heterocycles. The SMILES string of the molecule is CC(=O)c1ccc(S(=O)(=O)N2C(CN(C)C)COC23CCNCC3)cc1.CC(=O)c1ccc(S(=O)(=O)N2CC(=O)NC23CCNCC3)cc1.CC(=O)c1ccc(S(=O)(=O)N2CCOC23CCN(C)CC3)cc1.CCN1CCC2(CC1)OCCN2S(=O)(=O)c1ccc(OC)cc1.COc1ccc(S(=O)(=O)N2CCOC23CCN(C)CC3)cc1.COc1ccc(S(=O)(=O)N2CCOC23CCN(CC2CC2)CC3)cc1. The number of hydrogen-bond donors (Lipinski definition) is 3. The van der Waals surface area contributed by atoms with E-state index in [1.165, 1.54) is 90.8 Å². The van der Waals surface area contributed by atoms with E-state index in [0.717, 1.165) is 110 Å². The van der Waals surface area contributed by atoms with Crippen molar-refractivity contribution >= 4 is 83.4 Å². The van der Waals surface area contributed by atoms with Gasteiger partial charge in [0.15, 0.2) is 17.3 Å². The number of piperidine rings is 6. The van der Waals surface area contributed by atoms with E-state index < -0.39 is 94.4 Å². The first-order valence-electron chi connectivity index (χ1n) is 48.8. The third-order valence-corrected chi connectivity index (χ3v) is 41.0. The monoisotopic (exact) mass is 2090 g/mol. The lowest BCUT2D eigenvalue weighted by Crippen LogP contribution is -2.59. The number of amides is 1. The van der Waals surface area contributed by atoms with Crippen LogP contribution in [0.25, 0.3) is 0 Å². The van der Waals surface area contributed by atoms with Crippen LogP contribution in [0.2, 0.25) is 0 Å². The topological polar surface area (TPSA) is 419 Å². The quantitative estimate of drug-likeness (QED) is 0.0547. The van der Waals surface area contributed by atoms with Gasteiger partial charge < -0.3 is 78.3 Å². The fourth-order valence-corrected chi connectivity index (χ4v) is 31.3. The molecule has 6 aromatic rings. The summed E-state index contributed by atoms with van der Waals surface area (Å²) in [5.74, 6) is 2.23. The van der Waals surface area contributed by atoms with Crippen molar-refractivity contribution in [2.45, 2.75) is 187 Å². The number of ketones is 3. The standard InChI is InChI=1S/C18H27N3O4S.C18H26N2O4S.C16H22N2O4S.C16H24N2O4S.C15H19N3O4S.C15H22N2O4S/c1-14(22)15-4-6-17(7-5-15)26(23,24)21-16(12-20(2)3)13-25-18(21)8-10-19-11-9-18;1-23-16-4-6-17(7-5-16)25(21,22)20-12-13-24-18(20)8-10-19(11-9-18)14-15-2-3-15;1-13(19)14-3-5-15(6-4-14)23(20,21)18-11-12-22-16(18)7-9-17(2)10-8-16;1-3-17-10-8-16(9-11-17)18(12-13-22-16)23(19,20)15-6-4-14(21-2)5-7-15;1-11(19)12-2-4-13(5-3-12)23(21,22)18-10-14(20)17-15(18)6-8-16-9-7-15;1-16-9-7-15(8-10-16)17(11-12-21-15)22(18,19)14-5-3-13(20-2)4-6-14/h4-7,16,19H,8-13H2,1-3H3;4-7,15H,2-3,8-14H2,1H3;3-6H,7-12H2,1-2H3;4-7H,3,8-13H2,1-2H3;2-5,16H,6-10H2,1H3,(H,17,20);3-6H,7-12H2,1-2H3. The molecular formula is C98H140N14O24S6. The maximum atomic E-state index is 13.5. The first kappa shape index (κ1) is 110. The molecule has 0 radical (unpaired) electrons. The molecule has 1 amide bonds. The fourth-order valence-electron chi connectivity index (χ4n) is 20.8. The van der Waals surface area contributed by atoms with Gasteiger partial charge in [-0.1, -0.05) is 43.3 Å². The number of carbonyl (C=O) groups excluding carboxylic acids is 4. The highest BCUT2D eigenvalue weighted by molar-refractivity contribution is 7.90. The Morgan fingerprint density at radius 1 is 0.373 bits per heavy atom. The summed E-state index contributed by atoms with van der Waals surface area (Å²) in [6.07, 6.45) is 10.7. The molecule has 782 valence electrons. The Hall–Kier alpha value is -7.82. The molecule has 3 N–H and O–H groups in total. The minimum atomic E-state index is -3.81. The molecule has 19 rings (SSSR count). The summed E-state index contributed by atoms with van der Waals surface area (Å²) in [4.78, 5) is 58.6. The highest BCUT2D eigenvalue weighted by Crippen LogP contribution is 2.46. The second-order valence-electron chi connectivity index (χ2n) is 38.6. The van der Waals surface area contributed by atoms with Gasteiger partial charge in [-0.3, -0.25) is 19.2 Å². The Balaban J connectivity index is 0.000000135. The highest BCUT2D eigenvalue weighted by Gasteiger charge is 2.58. The Kier molecular flexibility index (Phi) is 35.5. The van der Waals surface area contributed by atoms with E-state index in [0.29, 0.717) is 174 Å². The van der Waals surface area contributed by atoms with Gasteiger partial charge in [-0.2, -0.15) is 25.8 Å². The number of nitrogens with zero attached hydrogens (tertiary/aromatic N) is 11. The average molecular weight is 2090 g/mol. The molecular weight excluding hydrogens is 1950 g/mol. The first-order valence-corrected chi connectivity index (χ1v) is 57.5. The zero-order valence-corrected chi connectivity index (χ0v) is 88.2. The van der Waals surface area contributed by atoms with Crippen LogP contribution in [0.1, 0.15) is 149 Å². The summed E-state index contributed by atoms with van der Waals surface area (Å²) in [6, 6.07) is 37.6. The van der Waals surface area contributed by atoms with Gasteiger partial charge in [0.1, 0.15) is 51.5 Å². The summed E-state index contributed by atoms with van der Waals surface area (Å²) in [7, 11) is -9.23. The predicted octanol–water partition coefficient (Wildman–Crippen LogP) is 6.93. The van der Waals surface area contributed by atoms with Crippen LogP contribution in [0.5, 0.6) is 17.2 Å². The lowest BCUT2D eigenvalue weighted by atomic mass is 9.99. The van der Waals surface area contributed by atoms with Crippen molar-refractivity contribution in [3.63, 3.8) is 0 Å². The van der Waals surface area contributed by atoms with E-state index in [2.05, 4.69) is 42.5 Å². The number of likely N-dealkylation sites (N-methyl/N-ethyl adjacent to an activating group) is 1. The third kappa shape index (κ3) is 24.3. The van der Waals surface area contributed by atoms with Crippen LogP contribution in [0.3, 0.4) is 0 Å². The van der Waals surface area contributed by atoms with Crippen LogP contribution < -0.4 is 30.2 Å². The molecule has 13 fully saturated rings. The lowest BCUT2D eigenvalue weighted by molar-refractivity contribution is -0.119. The van der Waals surface area contributed by atoms with Crippen molar-refractivity contribution in [1.82, 2.24) is 66.3 Å². The number of carbonyl (C=O) groups is 4. The molecule has 44 heteroatoms. The van der Waals surface area contributed by atoms with Gasteiger partial charge in [0.2, 0.25) is 66.0 Å². The van der Waals surface area contributed by atoms with Crippen LogP contribution in [-0.4, -0.2) is 378 Å². The van der Waals surface area contributed by atoms with E-state index in [4.69, 9.17) is 37.9 Å². The molecule has 1 unspecified atom stereocenters. The van der Waals surface area contributed by atoms with Gasteiger partial charge in [-0.15, -0.1) is 0 Å². The van der Waals surface area contributed by atoms with E-state index >= 15 is 0 Å². The summed E-state index contributed by atoms with van der Waals surface area (Å²) < 4.78 is 212. The fraction of sp³-hybridized carbons (Fsp3) is 0.592. The van der Waals surface area contributed by atoms with Gasteiger partial charge in [0.05, 0.1) is 96.3 Å². The van der Waals surface area contributed by atoms with E-state index in [-0.39, 0.29) is 55.4 Å². The maximum absolute atomic E-state index is 13.5. The molecule has 38 nitrogen and oxygen atoms in total. The lowest BCUT2D eigenvalue weighted by Gasteiger charge is -2.43. The summed E-state index contributed by atoms with van der Waals surface area (Å²) in [6.45, 7) is 22.5. The Morgan fingerprint density at radius 3 is 0.958 bits per heavy atom. The highest BCUT2D eigenvalue weighted by atomic mass is 32.2. The van der Waals surface area contributed by atoms with Gasteiger partial charge in [-0.05, 0) is 222 Å². The van der Waals surface area contributed by atoms with E-state index in [1.54, 1.807) is 136 Å². The van der Waals surface area contributed by atoms with Gasteiger partial charge in [0.25, 0.3) is 0 Å². The first-order chi connectivity index (χ1) is 67.5. The molecule has 12 saturated heterocycles. The molecule has 1 atom stereocenters. The van der Waals surface area contributed by atoms with Crippen LogP contribution in [0, 0.1) is 5.92 Å². The summed E-state index contributed by atoms with van der Waals surface area (Å²) in [5.41, 5.74) is -2.90. The molecule has 1 saturated carbocycles. The number of methoxy groups -OCH3 is 3. The average Bonchev–Trinajstić information content (AvgIpc) is 1.48. The second-order valence-corrected chi connectivity index (χ2v) is 49.7. The Labute approximate surface area is 837 Å². The number of ether oxygens (including phenoxy) is 8. The molecule has 1 aliphatic carbocycles. The zero-order valence-electron chi connectivity index (χ0n) is 83.3. The minimum absolute atomic E-state index is 0.0785. The number of benzene rings is 6. The Morgan fingerprint density at radius 2 is 0.662 bits per heavy atom. The number of sulfonamides is 6. The number of likely N-dealkylation sites (tertiary alicyclic amines) is 4. The maximum Gasteiger partial charge on any atom is 0.245 e. The number of Topliss-reactive ketones (excluding diaryl/α,β-unsaturated/α-hetero) is 3. The van der Waals surface area contributed by atoms with Crippen molar-refractivity contribution in [2.75, 3.05) is 213 Å². The molecule has 0 bridgehead atoms. The number of hydrogen-bond acceptors (Lipinski definition) is 31. The minimum Gasteiger partial charge on any atom is -0.497 e. The largest absolute Gasteiger partial charge is 0.497 e. The van der Waals surface area contributed by atoms with Crippen molar-refractivity contribution in [1.29, 1.82) is 0 Å². The normalized spacial score (nSPS) is 23.0. The van der Waals surface area contributed by atoms with Gasteiger partial charge >= 0.3 is 0 Å². The molecule has 142 heavy (non-hydrogen) atoms. The molecule has 12 aliphatic heterocycles. The smallest absolute Gasteiger partial charge is 0.245 e. The molecule has 6 aromatic carbocycles. The van der Waals surface area contributed by atoms with Crippen LogP contribution >= 0.6 is 0 Å². The van der Waals surface area contributed by atoms with E-state index in [1.807, 2.05) is 33.1 Å². The summed E-state index contributed by atoms with van der Waals surface area (Å²) in [5, 5.41) is 9.28. The molecule has 0 aromatic heterocycles. The van der Waals surface area contributed by atoms with Crippen molar-refractivity contribution in [3.05, 3.63) is 162 Å². The van der Waals surface area contributed by atoms with Crippen molar-refractivity contribution < 1.29 is 108 Å². The van der Waals surface area contributed by atoms with Crippen molar-refractivity contribution in [3.8, 4) is 17.2 Å². The summed E-state index contributed by atoms with van der Waals surface area (Å²) >= 11 is 0. The van der Waals surface area contributed by atoms with Gasteiger partial charge in [0, 0.05) is 173 Å². The predicted molar refractivity (Wildman–Crippen MR) is 531 cm³/mol. The van der Waals surface area contributed by atoms with Crippen LogP contribution in [-0.2, 0) is 88.6 Å². The number of nitrogens with one attached hydrogen (secondary N) is 3. The van der Waals surface area contributed by atoms with E-state index in [9.17, 15) is 69.7 Å². The molecule has 6 spiro atoms. The zero-order chi connectivity index (χ0) is 102.